The first-order valence-electron chi connectivity index (χ1n) is 10.3. The zero-order valence-corrected chi connectivity index (χ0v) is 17.4. The summed E-state index contributed by atoms with van der Waals surface area (Å²) in [4.78, 5) is 0. The van der Waals surface area contributed by atoms with Gasteiger partial charge < -0.3 is 29.5 Å². The number of hydrogen-bond donors (Lipinski definition) is 3. The molecule has 160 valence electrons. The highest BCUT2D eigenvalue weighted by Crippen LogP contribution is 2.51. The van der Waals surface area contributed by atoms with Crippen LogP contribution < -0.4 is 14.2 Å². The maximum atomic E-state index is 10.2. The average molecular weight is 420 g/mol. The number of methoxy groups -OCH3 is 2. The van der Waals surface area contributed by atoms with Crippen molar-refractivity contribution in [2.24, 2.45) is 0 Å². The van der Waals surface area contributed by atoms with Gasteiger partial charge in [-0.05, 0) is 65.4 Å². The Balaban J connectivity index is 1.61. The van der Waals surface area contributed by atoms with E-state index in [1.165, 1.54) is 7.11 Å². The van der Waals surface area contributed by atoms with Gasteiger partial charge in [-0.15, -0.1) is 0 Å². The topological polar surface area (TPSA) is 88.4 Å². The summed E-state index contributed by atoms with van der Waals surface area (Å²) in [5, 5.41) is 30.2. The molecule has 0 radical (unpaired) electrons. The molecule has 2 aliphatic rings. The lowest BCUT2D eigenvalue weighted by Gasteiger charge is -2.23. The Hall–Kier alpha value is -3.38. The molecule has 3 aromatic rings. The second-order valence-corrected chi connectivity index (χ2v) is 7.99. The number of phenolic OH excluding ortho intramolecular Hbond substituents is 2. The van der Waals surface area contributed by atoms with Gasteiger partial charge in [-0.3, -0.25) is 0 Å². The third-order valence-electron chi connectivity index (χ3n) is 6.31. The lowest BCUT2D eigenvalue weighted by atomic mass is 9.82. The Morgan fingerprint density at radius 1 is 0.935 bits per heavy atom. The fraction of sp³-hybridized carbons (Fsp3) is 0.280. The van der Waals surface area contributed by atoms with Crippen LogP contribution in [0.4, 0.5) is 0 Å². The van der Waals surface area contributed by atoms with E-state index in [2.05, 4.69) is 12.1 Å². The van der Waals surface area contributed by atoms with Gasteiger partial charge in [0.2, 0.25) is 0 Å². The van der Waals surface area contributed by atoms with Gasteiger partial charge in [0.05, 0.1) is 26.7 Å². The van der Waals surface area contributed by atoms with Gasteiger partial charge in [0, 0.05) is 17.2 Å². The molecule has 1 aliphatic carbocycles. The predicted octanol–water partition coefficient (Wildman–Crippen LogP) is 4.09. The van der Waals surface area contributed by atoms with E-state index in [0.717, 1.165) is 52.0 Å². The number of ether oxygens (including phenoxy) is 3. The largest absolute Gasteiger partial charge is 0.508 e. The molecular formula is C25H24O6. The molecule has 1 aliphatic heterocycles. The van der Waals surface area contributed by atoms with Gasteiger partial charge in [0.15, 0.2) is 11.5 Å². The third kappa shape index (κ3) is 3.06. The maximum absolute atomic E-state index is 10.2. The van der Waals surface area contributed by atoms with Crippen LogP contribution in [0, 0.1) is 0 Å². The molecule has 0 spiro atoms. The normalized spacial score (nSPS) is 18.5. The Morgan fingerprint density at radius 3 is 2.45 bits per heavy atom. The van der Waals surface area contributed by atoms with E-state index in [4.69, 9.17) is 14.2 Å². The molecule has 0 aromatic heterocycles. The highest BCUT2D eigenvalue weighted by molar-refractivity contribution is 5.81. The highest BCUT2D eigenvalue weighted by Gasteiger charge is 2.37. The molecule has 3 N–H and O–H groups in total. The van der Waals surface area contributed by atoms with Crippen molar-refractivity contribution in [1.29, 1.82) is 0 Å². The number of aryl methyl sites for hydroxylation is 2. The molecule has 6 nitrogen and oxygen atoms in total. The molecule has 1 heterocycles. The lowest BCUT2D eigenvalue weighted by molar-refractivity contribution is 0.159. The predicted molar refractivity (Wildman–Crippen MR) is 115 cm³/mol. The second-order valence-electron chi connectivity index (χ2n) is 7.99. The molecule has 0 unspecified atom stereocenters. The summed E-state index contributed by atoms with van der Waals surface area (Å²) in [5.41, 5.74) is 5.98. The number of rotatable bonds is 4. The first kappa shape index (κ1) is 19.6. The van der Waals surface area contributed by atoms with Gasteiger partial charge in [0.1, 0.15) is 23.4 Å². The molecule has 3 aromatic carbocycles. The van der Waals surface area contributed by atoms with Crippen molar-refractivity contribution in [3.05, 3.63) is 64.7 Å². The Kier molecular flexibility index (Phi) is 4.67. The Bertz CT molecular complexity index is 1150. The monoisotopic (exact) mass is 420 g/mol. The standard InChI is InChI=1S/C25H24O6/c1-29-22-9-15(5-6-20(22)28)25-19(12-26)18-11-17-13(8-21(18)31-25)3-4-14-7-16(27)10-23(30-2)24(14)17/h5-11,19,25-28H,3-4,12H2,1-2H3/t19-,25+/m1/s1. The SMILES string of the molecule is COc1cc([C@@H]2Oc3cc4c(cc3[C@H]2CO)-c2c(cc(O)cc2OC)CC4)ccc1O. The minimum Gasteiger partial charge on any atom is -0.508 e. The fourth-order valence-electron chi connectivity index (χ4n) is 4.81. The van der Waals surface area contributed by atoms with Crippen molar-refractivity contribution < 1.29 is 29.5 Å². The third-order valence-corrected chi connectivity index (χ3v) is 6.31. The van der Waals surface area contributed by atoms with Crippen molar-refractivity contribution in [2.75, 3.05) is 20.8 Å². The number of fused-ring (bicyclic) bond motifs is 4. The molecule has 0 amide bonds. The number of aromatic hydroxyl groups is 2. The molecule has 6 heteroatoms. The van der Waals surface area contributed by atoms with Gasteiger partial charge in [-0.2, -0.15) is 0 Å². The van der Waals surface area contributed by atoms with Crippen LogP contribution in [-0.4, -0.2) is 36.1 Å². The van der Waals surface area contributed by atoms with E-state index < -0.39 is 0 Å². The molecule has 31 heavy (non-hydrogen) atoms. The van der Waals surface area contributed by atoms with Crippen LogP contribution in [0.2, 0.25) is 0 Å². The van der Waals surface area contributed by atoms with Gasteiger partial charge in [-0.25, -0.2) is 0 Å². The lowest BCUT2D eigenvalue weighted by Crippen LogP contribution is -2.13. The van der Waals surface area contributed by atoms with Crippen LogP contribution >= 0.6 is 0 Å². The van der Waals surface area contributed by atoms with Gasteiger partial charge in [0.25, 0.3) is 0 Å². The second kappa shape index (κ2) is 7.39. The molecule has 0 saturated heterocycles. The van der Waals surface area contributed by atoms with Crippen molar-refractivity contribution in [3.8, 4) is 39.9 Å². The summed E-state index contributed by atoms with van der Waals surface area (Å²) in [6.45, 7) is -0.0841. The summed E-state index contributed by atoms with van der Waals surface area (Å²) in [5.74, 6) is 1.75. The van der Waals surface area contributed by atoms with E-state index in [1.807, 2.05) is 0 Å². The molecule has 2 atom stereocenters. The van der Waals surface area contributed by atoms with E-state index >= 15 is 0 Å². The minimum atomic E-state index is -0.389. The molecule has 5 rings (SSSR count). The maximum Gasteiger partial charge on any atom is 0.160 e. The van der Waals surface area contributed by atoms with Crippen LogP contribution in [-0.2, 0) is 12.8 Å². The van der Waals surface area contributed by atoms with Crippen LogP contribution in [0.3, 0.4) is 0 Å². The molecule has 0 saturated carbocycles. The highest BCUT2D eigenvalue weighted by atomic mass is 16.5. The number of aliphatic hydroxyl groups excluding tert-OH is 1. The summed E-state index contributed by atoms with van der Waals surface area (Å²) in [6, 6.07) is 12.7. The first-order valence-corrected chi connectivity index (χ1v) is 10.3. The molecule has 0 bridgehead atoms. The summed E-state index contributed by atoms with van der Waals surface area (Å²) >= 11 is 0. The van der Waals surface area contributed by atoms with E-state index in [9.17, 15) is 15.3 Å². The summed E-state index contributed by atoms with van der Waals surface area (Å²) in [7, 11) is 3.11. The summed E-state index contributed by atoms with van der Waals surface area (Å²) in [6.07, 6.45) is 1.24. The van der Waals surface area contributed by atoms with Crippen LogP contribution in [0.1, 0.15) is 34.3 Å². The number of aliphatic hydroxyl groups is 1. The van der Waals surface area contributed by atoms with Crippen LogP contribution in [0.5, 0.6) is 28.7 Å². The molecular weight excluding hydrogens is 396 g/mol. The van der Waals surface area contributed by atoms with E-state index in [0.29, 0.717) is 11.5 Å². The van der Waals surface area contributed by atoms with Gasteiger partial charge >= 0.3 is 0 Å². The van der Waals surface area contributed by atoms with Crippen molar-refractivity contribution >= 4 is 0 Å². The van der Waals surface area contributed by atoms with Crippen LogP contribution in [0.15, 0.2) is 42.5 Å². The fourth-order valence-corrected chi connectivity index (χ4v) is 4.81. The zero-order valence-electron chi connectivity index (χ0n) is 17.4. The number of phenols is 2. The molecule has 0 fully saturated rings. The number of benzene rings is 3. The van der Waals surface area contributed by atoms with Gasteiger partial charge in [-0.1, -0.05) is 6.07 Å². The van der Waals surface area contributed by atoms with E-state index in [1.54, 1.807) is 37.4 Å². The quantitative estimate of drug-likeness (QED) is 0.589. The van der Waals surface area contributed by atoms with Crippen molar-refractivity contribution in [1.82, 2.24) is 0 Å². The number of hydrogen-bond acceptors (Lipinski definition) is 6. The summed E-state index contributed by atoms with van der Waals surface area (Å²) < 4.78 is 17.1. The van der Waals surface area contributed by atoms with E-state index in [-0.39, 0.29) is 30.1 Å². The Morgan fingerprint density at radius 2 is 1.71 bits per heavy atom. The Labute approximate surface area is 180 Å². The zero-order chi connectivity index (χ0) is 21.7. The van der Waals surface area contributed by atoms with Crippen LogP contribution in [0.25, 0.3) is 11.1 Å². The van der Waals surface area contributed by atoms with Crippen molar-refractivity contribution in [2.45, 2.75) is 24.9 Å². The average Bonchev–Trinajstić information content (AvgIpc) is 3.14. The first-order chi connectivity index (χ1) is 15.0. The van der Waals surface area contributed by atoms with Crippen molar-refractivity contribution in [3.63, 3.8) is 0 Å². The minimum absolute atomic E-state index is 0.0599. The smallest absolute Gasteiger partial charge is 0.160 e.